The fraction of sp³-hybridized carbons (Fsp3) is 0.462. The molecule has 1 aliphatic rings. The molecule has 1 saturated carbocycles. The normalized spacial score (nSPS) is 15.5. The molecule has 16 heavy (non-hydrogen) atoms. The monoisotopic (exact) mass is 218 g/mol. The molecule has 2 rings (SSSR count). The van der Waals surface area contributed by atoms with Crippen molar-refractivity contribution in [1.82, 2.24) is 5.32 Å². The van der Waals surface area contributed by atoms with Crippen LogP contribution < -0.4 is 5.32 Å². The standard InChI is InChI=1S/C13H15FN2/c14-13-5-4-11(6-12(13)7-15)9-16-8-10-2-1-3-10/h4-6,10,16H,1-3,8-9H2. The summed E-state index contributed by atoms with van der Waals surface area (Å²) < 4.78 is 13.0. The molecule has 0 amide bonds. The molecule has 0 spiro atoms. The van der Waals surface area contributed by atoms with Crippen LogP contribution in [0, 0.1) is 23.1 Å². The number of hydrogen-bond acceptors (Lipinski definition) is 2. The van der Waals surface area contributed by atoms with Gasteiger partial charge >= 0.3 is 0 Å². The lowest BCUT2D eigenvalue weighted by Gasteiger charge is -2.25. The van der Waals surface area contributed by atoms with Gasteiger partial charge in [-0.15, -0.1) is 0 Å². The van der Waals surface area contributed by atoms with Gasteiger partial charge in [0.15, 0.2) is 0 Å². The highest BCUT2D eigenvalue weighted by molar-refractivity contribution is 5.34. The van der Waals surface area contributed by atoms with Gasteiger partial charge in [0.25, 0.3) is 0 Å². The van der Waals surface area contributed by atoms with Gasteiger partial charge in [-0.05, 0) is 43.0 Å². The van der Waals surface area contributed by atoms with E-state index in [0.29, 0.717) is 6.54 Å². The first-order valence-electron chi connectivity index (χ1n) is 5.69. The molecule has 0 atom stereocenters. The molecule has 84 valence electrons. The number of nitrogens with zero attached hydrogens (tertiary/aromatic N) is 1. The lowest BCUT2D eigenvalue weighted by Crippen LogP contribution is -2.26. The first kappa shape index (κ1) is 11.1. The van der Waals surface area contributed by atoms with E-state index in [1.807, 2.05) is 6.07 Å². The van der Waals surface area contributed by atoms with Crippen LogP contribution >= 0.6 is 0 Å². The number of rotatable bonds is 4. The molecule has 0 radical (unpaired) electrons. The Kier molecular flexibility index (Phi) is 3.53. The van der Waals surface area contributed by atoms with Crippen LogP contribution in [0.25, 0.3) is 0 Å². The molecule has 3 heteroatoms. The van der Waals surface area contributed by atoms with E-state index in [1.165, 1.54) is 25.3 Å². The summed E-state index contributed by atoms with van der Waals surface area (Å²) in [4.78, 5) is 0. The summed E-state index contributed by atoms with van der Waals surface area (Å²) >= 11 is 0. The van der Waals surface area contributed by atoms with E-state index in [4.69, 9.17) is 5.26 Å². The van der Waals surface area contributed by atoms with Gasteiger partial charge in [-0.25, -0.2) is 4.39 Å². The van der Waals surface area contributed by atoms with Crippen LogP contribution in [-0.4, -0.2) is 6.54 Å². The predicted octanol–water partition coefficient (Wildman–Crippen LogP) is 2.59. The zero-order valence-electron chi connectivity index (χ0n) is 9.17. The van der Waals surface area contributed by atoms with Crippen LogP contribution in [0.4, 0.5) is 4.39 Å². The molecule has 1 fully saturated rings. The Morgan fingerprint density at radius 2 is 2.25 bits per heavy atom. The molecule has 0 bridgehead atoms. The fourth-order valence-electron chi connectivity index (χ4n) is 1.89. The maximum absolute atomic E-state index is 13.0. The minimum Gasteiger partial charge on any atom is -0.312 e. The fourth-order valence-corrected chi connectivity index (χ4v) is 1.89. The van der Waals surface area contributed by atoms with Crippen molar-refractivity contribution >= 4 is 0 Å². The van der Waals surface area contributed by atoms with Gasteiger partial charge < -0.3 is 5.32 Å². The van der Waals surface area contributed by atoms with Crippen LogP contribution in [0.15, 0.2) is 18.2 Å². The Bertz CT molecular complexity index is 405. The summed E-state index contributed by atoms with van der Waals surface area (Å²) in [6.07, 6.45) is 3.99. The van der Waals surface area contributed by atoms with Gasteiger partial charge in [-0.3, -0.25) is 0 Å². The van der Waals surface area contributed by atoms with E-state index >= 15 is 0 Å². The summed E-state index contributed by atoms with van der Waals surface area (Å²) in [5, 5.41) is 12.0. The van der Waals surface area contributed by atoms with Gasteiger partial charge in [0.2, 0.25) is 0 Å². The minimum absolute atomic E-state index is 0.128. The zero-order valence-corrected chi connectivity index (χ0v) is 9.17. The summed E-state index contributed by atoms with van der Waals surface area (Å²) in [7, 11) is 0. The highest BCUT2D eigenvalue weighted by atomic mass is 19.1. The van der Waals surface area contributed by atoms with Gasteiger partial charge in [-0.1, -0.05) is 12.5 Å². The molecular weight excluding hydrogens is 203 g/mol. The molecule has 1 aromatic carbocycles. The molecule has 0 unspecified atom stereocenters. The Labute approximate surface area is 95.1 Å². The van der Waals surface area contributed by atoms with Crippen molar-refractivity contribution in [2.45, 2.75) is 25.8 Å². The van der Waals surface area contributed by atoms with Crippen LogP contribution in [-0.2, 0) is 6.54 Å². The van der Waals surface area contributed by atoms with Crippen molar-refractivity contribution < 1.29 is 4.39 Å². The van der Waals surface area contributed by atoms with Crippen molar-refractivity contribution in [2.24, 2.45) is 5.92 Å². The van der Waals surface area contributed by atoms with E-state index in [-0.39, 0.29) is 5.56 Å². The van der Waals surface area contributed by atoms with Gasteiger partial charge in [0, 0.05) is 6.54 Å². The molecule has 0 saturated heterocycles. The molecule has 2 nitrogen and oxygen atoms in total. The lowest BCUT2D eigenvalue weighted by atomic mass is 9.85. The molecule has 1 aliphatic carbocycles. The quantitative estimate of drug-likeness (QED) is 0.843. The maximum Gasteiger partial charge on any atom is 0.140 e. The summed E-state index contributed by atoms with van der Waals surface area (Å²) in [6.45, 7) is 1.74. The third-order valence-electron chi connectivity index (χ3n) is 3.14. The molecule has 0 aromatic heterocycles. The Morgan fingerprint density at radius 1 is 1.44 bits per heavy atom. The number of nitrogens with one attached hydrogen (secondary N) is 1. The highest BCUT2D eigenvalue weighted by Crippen LogP contribution is 2.25. The number of hydrogen-bond donors (Lipinski definition) is 1. The van der Waals surface area contributed by atoms with Crippen LogP contribution in [0.2, 0.25) is 0 Å². The Morgan fingerprint density at radius 3 is 2.88 bits per heavy atom. The first-order chi connectivity index (χ1) is 7.79. The largest absolute Gasteiger partial charge is 0.312 e. The predicted molar refractivity (Wildman–Crippen MR) is 60.2 cm³/mol. The third kappa shape index (κ3) is 2.59. The SMILES string of the molecule is N#Cc1cc(CNCC2CCC2)ccc1F. The van der Waals surface area contributed by atoms with E-state index in [9.17, 15) is 4.39 Å². The highest BCUT2D eigenvalue weighted by Gasteiger charge is 2.16. The Hall–Kier alpha value is -1.40. The zero-order chi connectivity index (χ0) is 11.4. The van der Waals surface area contributed by atoms with Crippen LogP contribution in [0.1, 0.15) is 30.4 Å². The van der Waals surface area contributed by atoms with Gasteiger partial charge in [-0.2, -0.15) is 5.26 Å². The topological polar surface area (TPSA) is 35.8 Å². The Balaban J connectivity index is 1.86. The van der Waals surface area contributed by atoms with Crippen molar-refractivity contribution in [3.63, 3.8) is 0 Å². The summed E-state index contributed by atoms with van der Waals surface area (Å²) in [5.74, 6) is 0.376. The van der Waals surface area contributed by atoms with E-state index < -0.39 is 5.82 Å². The molecular formula is C13H15FN2. The third-order valence-corrected chi connectivity index (χ3v) is 3.14. The second-order valence-electron chi connectivity index (χ2n) is 4.35. The lowest BCUT2D eigenvalue weighted by molar-refractivity contribution is 0.301. The summed E-state index contributed by atoms with van der Waals surface area (Å²) in [5.41, 5.74) is 1.10. The van der Waals surface area contributed by atoms with Crippen molar-refractivity contribution in [3.8, 4) is 6.07 Å². The van der Waals surface area contributed by atoms with E-state index in [1.54, 1.807) is 12.1 Å². The number of halogens is 1. The average Bonchev–Trinajstić information content (AvgIpc) is 2.24. The molecule has 0 heterocycles. The van der Waals surface area contributed by atoms with E-state index in [2.05, 4.69) is 5.32 Å². The molecule has 0 aliphatic heterocycles. The molecule has 1 aromatic rings. The number of nitriles is 1. The first-order valence-corrected chi connectivity index (χ1v) is 5.69. The number of benzene rings is 1. The second-order valence-corrected chi connectivity index (χ2v) is 4.35. The van der Waals surface area contributed by atoms with Crippen molar-refractivity contribution in [3.05, 3.63) is 35.1 Å². The minimum atomic E-state index is -0.440. The van der Waals surface area contributed by atoms with Gasteiger partial charge in [0.1, 0.15) is 11.9 Å². The summed E-state index contributed by atoms with van der Waals surface area (Å²) in [6, 6.07) is 6.55. The second kappa shape index (κ2) is 5.09. The van der Waals surface area contributed by atoms with Crippen molar-refractivity contribution in [1.29, 1.82) is 5.26 Å². The van der Waals surface area contributed by atoms with Crippen LogP contribution in [0.3, 0.4) is 0 Å². The molecule has 1 N–H and O–H groups in total. The average molecular weight is 218 g/mol. The van der Waals surface area contributed by atoms with Gasteiger partial charge in [0.05, 0.1) is 5.56 Å². The van der Waals surface area contributed by atoms with Crippen LogP contribution in [0.5, 0.6) is 0 Å². The maximum atomic E-state index is 13.0. The smallest absolute Gasteiger partial charge is 0.140 e. The van der Waals surface area contributed by atoms with E-state index in [0.717, 1.165) is 18.0 Å². The van der Waals surface area contributed by atoms with Crippen molar-refractivity contribution in [2.75, 3.05) is 6.54 Å².